The van der Waals surface area contributed by atoms with Crippen LogP contribution in [0, 0.1) is 12.8 Å². The molecule has 30 heavy (non-hydrogen) atoms. The van der Waals surface area contributed by atoms with Crippen molar-refractivity contribution in [1.82, 2.24) is 4.72 Å². The molecule has 0 spiro atoms. The van der Waals surface area contributed by atoms with Gasteiger partial charge in [0.1, 0.15) is 0 Å². The van der Waals surface area contributed by atoms with Crippen LogP contribution in [0.25, 0.3) is 0 Å². The van der Waals surface area contributed by atoms with Gasteiger partial charge >= 0.3 is 0 Å². The monoisotopic (exact) mass is 427 g/mol. The fourth-order valence-electron chi connectivity index (χ4n) is 4.47. The maximum absolute atomic E-state index is 13.2. The van der Waals surface area contributed by atoms with Crippen LogP contribution >= 0.6 is 0 Å². The summed E-state index contributed by atoms with van der Waals surface area (Å²) in [5.41, 5.74) is 1.69. The van der Waals surface area contributed by atoms with E-state index in [1.807, 2.05) is 43.3 Å². The molecule has 1 saturated carbocycles. The van der Waals surface area contributed by atoms with Crippen LogP contribution in [-0.2, 0) is 21.4 Å². The van der Waals surface area contributed by atoms with Crippen LogP contribution in [-0.4, -0.2) is 20.6 Å². The lowest BCUT2D eigenvalue weighted by Crippen LogP contribution is -2.55. The van der Waals surface area contributed by atoms with E-state index < -0.39 is 15.6 Å². The Morgan fingerprint density at radius 2 is 1.87 bits per heavy atom. The largest absolute Gasteiger partial charge is 0.377 e. The second-order valence-corrected chi connectivity index (χ2v) is 10.0. The van der Waals surface area contributed by atoms with Gasteiger partial charge in [-0.15, -0.1) is 6.58 Å². The molecule has 5 heteroatoms. The number of aryl methyl sites for hydroxylation is 1. The first-order valence-electron chi connectivity index (χ1n) is 10.8. The van der Waals surface area contributed by atoms with Gasteiger partial charge in [0.15, 0.2) is 0 Å². The second-order valence-electron chi connectivity index (χ2n) is 8.34. The normalized spacial score (nSPS) is 22.0. The molecule has 162 valence electrons. The molecule has 4 nitrogen and oxygen atoms in total. The fraction of sp³-hybridized carbons (Fsp3) is 0.440. The van der Waals surface area contributed by atoms with Gasteiger partial charge in [0.05, 0.1) is 11.5 Å². The van der Waals surface area contributed by atoms with Crippen LogP contribution in [0.1, 0.15) is 49.7 Å². The third kappa shape index (κ3) is 5.81. The van der Waals surface area contributed by atoms with Gasteiger partial charge in [0, 0.05) is 12.1 Å². The Morgan fingerprint density at radius 1 is 1.13 bits per heavy atom. The van der Waals surface area contributed by atoms with Crippen molar-refractivity contribution >= 4 is 10.0 Å². The predicted octanol–water partition coefficient (Wildman–Crippen LogP) is 5.39. The van der Waals surface area contributed by atoms with Crippen LogP contribution in [0.3, 0.4) is 0 Å². The molecule has 0 radical (unpaired) electrons. The van der Waals surface area contributed by atoms with Crippen molar-refractivity contribution in [2.24, 2.45) is 5.92 Å². The summed E-state index contributed by atoms with van der Waals surface area (Å²) in [6.45, 7) is 7.07. The molecular formula is C25H33NO3S. The topological polar surface area (TPSA) is 55.4 Å². The summed E-state index contributed by atoms with van der Waals surface area (Å²) in [4.78, 5) is 0.321. The van der Waals surface area contributed by atoms with Crippen molar-refractivity contribution in [2.45, 2.75) is 62.5 Å². The molecule has 0 bridgehead atoms. The molecule has 1 fully saturated rings. The minimum atomic E-state index is -3.60. The summed E-state index contributed by atoms with van der Waals surface area (Å²) in [5, 5.41) is 0. The van der Waals surface area contributed by atoms with Gasteiger partial charge in [-0.2, -0.15) is 0 Å². The molecule has 3 rings (SSSR count). The van der Waals surface area contributed by atoms with E-state index >= 15 is 0 Å². The van der Waals surface area contributed by atoms with Gasteiger partial charge in [-0.05, 0) is 56.2 Å². The highest BCUT2D eigenvalue weighted by molar-refractivity contribution is 7.89. The number of hydrogen-bond donors (Lipinski definition) is 1. The van der Waals surface area contributed by atoms with Crippen molar-refractivity contribution in [2.75, 3.05) is 6.61 Å². The number of ether oxygens (including phenoxy) is 1. The Morgan fingerprint density at radius 3 is 2.57 bits per heavy atom. The summed E-state index contributed by atoms with van der Waals surface area (Å²) < 4.78 is 35.4. The van der Waals surface area contributed by atoms with Gasteiger partial charge in [-0.3, -0.25) is 0 Å². The zero-order chi connectivity index (χ0) is 21.5. The third-order valence-corrected chi connectivity index (χ3v) is 7.67. The van der Waals surface area contributed by atoms with E-state index in [0.29, 0.717) is 24.5 Å². The summed E-state index contributed by atoms with van der Waals surface area (Å²) >= 11 is 0. The van der Waals surface area contributed by atoms with Gasteiger partial charge in [0.25, 0.3) is 0 Å². The lowest BCUT2D eigenvalue weighted by Gasteiger charge is -2.44. The van der Waals surface area contributed by atoms with Crippen molar-refractivity contribution in [3.63, 3.8) is 0 Å². The van der Waals surface area contributed by atoms with Crippen molar-refractivity contribution < 1.29 is 13.2 Å². The molecule has 0 amide bonds. The Hall–Kier alpha value is -1.95. The SMILES string of the molecule is C=CC[C@@]1(NS(=O)(=O)c2ccc(C)cc2)CCCC[C@H]1CCOCc1ccccc1. The standard InChI is InChI=1S/C25H33NO3S/c1-3-17-25(26-30(27,28)24-14-12-21(2)13-15-24)18-8-7-11-23(25)16-19-29-20-22-9-5-4-6-10-22/h3-6,9-10,12-15,23,26H,1,7-8,11,16-20H2,2H3/t23-,25+/m0/s1. The number of sulfonamides is 1. The number of nitrogens with one attached hydrogen (secondary N) is 1. The Kier molecular flexibility index (Phi) is 7.87. The Labute approximate surface area is 181 Å². The third-order valence-electron chi connectivity index (χ3n) is 6.11. The average molecular weight is 428 g/mol. The molecule has 0 aliphatic heterocycles. The summed E-state index contributed by atoms with van der Waals surface area (Å²) in [5.74, 6) is 0.222. The molecule has 0 saturated heterocycles. The first-order valence-corrected chi connectivity index (χ1v) is 12.3. The minimum Gasteiger partial charge on any atom is -0.377 e. The van der Waals surface area contributed by atoms with E-state index in [-0.39, 0.29) is 5.92 Å². The average Bonchev–Trinajstić information content (AvgIpc) is 2.73. The van der Waals surface area contributed by atoms with E-state index in [1.54, 1.807) is 12.1 Å². The summed E-state index contributed by atoms with van der Waals surface area (Å²) in [6.07, 6.45) is 7.27. The lowest BCUT2D eigenvalue weighted by atomic mass is 9.70. The first kappa shape index (κ1) is 22.7. The minimum absolute atomic E-state index is 0.222. The fourth-order valence-corrected chi connectivity index (χ4v) is 5.97. The van der Waals surface area contributed by atoms with Crippen LogP contribution < -0.4 is 4.72 Å². The molecule has 1 aliphatic rings. The molecule has 1 aliphatic carbocycles. The molecule has 0 unspecified atom stereocenters. The quantitative estimate of drug-likeness (QED) is 0.409. The molecule has 1 N–H and O–H groups in total. The highest BCUT2D eigenvalue weighted by Gasteiger charge is 2.42. The molecule has 0 heterocycles. The van der Waals surface area contributed by atoms with E-state index in [1.165, 1.54) is 0 Å². The number of rotatable bonds is 10. The Balaban J connectivity index is 1.70. The lowest BCUT2D eigenvalue weighted by molar-refractivity contribution is 0.0753. The zero-order valence-electron chi connectivity index (χ0n) is 17.8. The van der Waals surface area contributed by atoms with E-state index in [4.69, 9.17) is 4.74 Å². The zero-order valence-corrected chi connectivity index (χ0v) is 18.7. The summed E-state index contributed by atoms with van der Waals surface area (Å²) in [7, 11) is -3.60. The highest BCUT2D eigenvalue weighted by atomic mass is 32.2. The van der Waals surface area contributed by atoms with Crippen molar-refractivity contribution in [3.05, 3.63) is 78.4 Å². The maximum Gasteiger partial charge on any atom is 0.241 e. The number of hydrogen-bond acceptors (Lipinski definition) is 3. The summed E-state index contributed by atoms with van der Waals surface area (Å²) in [6, 6.07) is 17.2. The van der Waals surface area contributed by atoms with Crippen LogP contribution in [0.15, 0.2) is 72.1 Å². The van der Waals surface area contributed by atoms with Crippen molar-refractivity contribution in [1.29, 1.82) is 0 Å². The smallest absolute Gasteiger partial charge is 0.241 e. The maximum atomic E-state index is 13.2. The molecule has 0 aromatic heterocycles. The van der Waals surface area contributed by atoms with E-state index in [0.717, 1.165) is 43.2 Å². The van der Waals surface area contributed by atoms with Gasteiger partial charge < -0.3 is 4.74 Å². The molecular weight excluding hydrogens is 394 g/mol. The van der Waals surface area contributed by atoms with Gasteiger partial charge in [-0.1, -0.05) is 66.9 Å². The predicted molar refractivity (Wildman–Crippen MR) is 122 cm³/mol. The molecule has 2 atom stereocenters. The van der Waals surface area contributed by atoms with E-state index in [9.17, 15) is 8.42 Å². The van der Waals surface area contributed by atoms with Crippen molar-refractivity contribution in [3.8, 4) is 0 Å². The van der Waals surface area contributed by atoms with Gasteiger partial charge in [-0.25, -0.2) is 13.1 Å². The highest BCUT2D eigenvalue weighted by Crippen LogP contribution is 2.40. The number of benzene rings is 2. The molecule has 2 aromatic rings. The van der Waals surface area contributed by atoms with Crippen LogP contribution in [0.4, 0.5) is 0 Å². The van der Waals surface area contributed by atoms with E-state index in [2.05, 4.69) is 23.4 Å². The first-order chi connectivity index (χ1) is 14.5. The molecule has 2 aromatic carbocycles. The Bertz CT molecular complexity index is 909. The van der Waals surface area contributed by atoms with Gasteiger partial charge in [0.2, 0.25) is 10.0 Å². The van der Waals surface area contributed by atoms with Crippen LogP contribution in [0.5, 0.6) is 0 Å². The second kappa shape index (κ2) is 10.4. The van der Waals surface area contributed by atoms with Crippen LogP contribution in [0.2, 0.25) is 0 Å².